The monoisotopic (exact) mass is 288 g/mol. The van der Waals surface area contributed by atoms with Gasteiger partial charge < -0.3 is 15.8 Å². The second-order valence-corrected chi connectivity index (χ2v) is 6.07. The van der Waals surface area contributed by atoms with E-state index in [1.165, 1.54) is 29.7 Å². The number of aryl methyl sites for hydroxylation is 1. The summed E-state index contributed by atoms with van der Waals surface area (Å²) in [5.41, 5.74) is 9.14. The second-order valence-electron chi connectivity index (χ2n) is 5.07. The Labute approximate surface area is 123 Å². The van der Waals surface area contributed by atoms with E-state index in [4.69, 9.17) is 10.5 Å². The van der Waals surface area contributed by atoms with Crippen LogP contribution in [-0.4, -0.2) is 6.61 Å². The lowest BCUT2D eigenvalue weighted by atomic mass is 9.94. The second kappa shape index (κ2) is 5.75. The zero-order chi connectivity index (χ0) is 13.9. The molecule has 1 heterocycles. The van der Waals surface area contributed by atoms with Crippen LogP contribution in [0.3, 0.4) is 0 Å². The average Bonchev–Trinajstić information content (AvgIpc) is 2.92. The average molecular weight is 288 g/mol. The van der Waals surface area contributed by atoms with Crippen molar-refractivity contribution in [2.24, 2.45) is 0 Å². The van der Waals surface area contributed by atoms with Gasteiger partial charge in [-0.15, -0.1) is 11.3 Å². The molecule has 0 saturated carbocycles. The van der Waals surface area contributed by atoms with Crippen molar-refractivity contribution < 1.29 is 4.74 Å². The van der Waals surface area contributed by atoms with Crippen molar-refractivity contribution in [2.45, 2.75) is 32.2 Å². The summed E-state index contributed by atoms with van der Waals surface area (Å²) in [5.74, 6) is 0.763. The molecule has 0 amide bonds. The Bertz CT molecular complexity index is 594. The summed E-state index contributed by atoms with van der Waals surface area (Å²) in [4.78, 5) is 1.52. The van der Waals surface area contributed by atoms with Gasteiger partial charge in [-0.1, -0.05) is 0 Å². The fraction of sp³-hybridized carbons (Fsp3) is 0.375. The van der Waals surface area contributed by atoms with Crippen molar-refractivity contribution in [3.05, 3.63) is 40.1 Å². The van der Waals surface area contributed by atoms with Gasteiger partial charge in [0.05, 0.1) is 18.3 Å². The molecule has 20 heavy (non-hydrogen) atoms. The number of anilines is 2. The third kappa shape index (κ3) is 2.61. The van der Waals surface area contributed by atoms with Crippen LogP contribution in [0.25, 0.3) is 0 Å². The summed E-state index contributed by atoms with van der Waals surface area (Å²) in [7, 11) is 0. The van der Waals surface area contributed by atoms with E-state index in [9.17, 15) is 0 Å². The highest BCUT2D eigenvalue weighted by molar-refractivity contribution is 7.10. The lowest BCUT2D eigenvalue weighted by molar-refractivity contribution is 0.342. The molecule has 1 atom stereocenters. The molecule has 1 aliphatic rings. The minimum Gasteiger partial charge on any atom is -0.492 e. The Kier molecular flexibility index (Phi) is 3.83. The van der Waals surface area contributed by atoms with E-state index in [2.05, 4.69) is 16.8 Å². The minimum absolute atomic E-state index is 0.406. The summed E-state index contributed by atoms with van der Waals surface area (Å²) in [6, 6.07) is 8.59. The standard InChI is InChI=1S/C16H20N2OS/c1-2-19-15-10-11(6-7-13(15)17)18-14-4-3-5-16-12(14)8-9-20-16/h6-10,14,18H,2-5,17H2,1H3. The lowest BCUT2D eigenvalue weighted by Crippen LogP contribution is -2.15. The Morgan fingerprint density at radius 1 is 1.40 bits per heavy atom. The van der Waals surface area contributed by atoms with Gasteiger partial charge in [0.2, 0.25) is 0 Å². The zero-order valence-electron chi connectivity index (χ0n) is 11.7. The molecule has 0 radical (unpaired) electrons. The zero-order valence-corrected chi connectivity index (χ0v) is 12.5. The molecule has 3 N–H and O–H groups in total. The van der Waals surface area contributed by atoms with E-state index in [1.54, 1.807) is 0 Å². The number of hydrogen-bond acceptors (Lipinski definition) is 4. The maximum absolute atomic E-state index is 5.92. The number of thiophene rings is 1. The third-order valence-electron chi connectivity index (χ3n) is 3.71. The van der Waals surface area contributed by atoms with Gasteiger partial charge in [-0.2, -0.15) is 0 Å². The van der Waals surface area contributed by atoms with Crippen LogP contribution in [0, 0.1) is 0 Å². The number of nitrogens with one attached hydrogen (secondary N) is 1. The van der Waals surface area contributed by atoms with Gasteiger partial charge in [-0.3, -0.25) is 0 Å². The van der Waals surface area contributed by atoms with Crippen LogP contribution in [0.2, 0.25) is 0 Å². The number of benzene rings is 1. The number of ether oxygens (including phenoxy) is 1. The molecular weight excluding hydrogens is 268 g/mol. The van der Waals surface area contributed by atoms with E-state index >= 15 is 0 Å². The van der Waals surface area contributed by atoms with Crippen LogP contribution >= 0.6 is 11.3 Å². The van der Waals surface area contributed by atoms with E-state index < -0.39 is 0 Å². The van der Waals surface area contributed by atoms with Crippen molar-refractivity contribution in [3.8, 4) is 5.75 Å². The predicted molar refractivity (Wildman–Crippen MR) is 85.6 cm³/mol. The Morgan fingerprint density at radius 2 is 2.30 bits per heavy atom. The summed E-state index contributed by atoms with van der Waals surface area (Å²) in [6.45, 7) is 2.60. The van der Waals surface area contributed by atoms with E-state index in [0.717, 1.165) is 11.4 Å². The Hall–Kier alpha value is -1.68. The molecule has 2 aromatic rings. The predicted octanol–water partition coefficient (Wildman–Crippen LogP) is 4.22. The molecule has 1 aromatic carbocycles. The molecule has 1 unspecified atom stereocenters. The topological polar surface area (TPSA) is 47.3 Å². The van der Waals surface area contributed by atoms with Crippen LogP contribution < -0.4 is 15.8 Å². The number of hydrogen-bond donors (Lipinski definition) is 2. The molecule has 3 rings (SSSR count). The van der Waals surface area contributed by atoms with Crippen molar-refractivity contribution >= 4 is 22.7 Å². The highest BCUT2D eigenvalue weighted by Crippen LogP contribution is 2.36. The molecule has 106 valence electrons. The van der Waals surface area contributed by atoms with E-state index in [0.29, 0.717) is 18.3 Å². The maximum atomic E-state index is 5.92. The van der Waals surface area contributed by atoms with Crippen molar-refractivity contribution in [1.29, 1.82) is 0 Å². The van der Waals surface area contributed by atoms with Crippen molar-refractivity contribution in [2.75, 3.05) is 17.7 Å². The number of fused-ring (bicyclic) bond motifs is 1. The summed E-state index contributed by atoms with van der Waals surface area (Å²) in [5, 5.41) is 5.81. The van der Waals surface area contributed by atoms with Gasteiger partial charge in [0.25, 0.3) is 0 Å². The SMILES string of the molecule is CCOc1cc(NC2CCCc3sccc32)ccc1N. The molecule has 1 aromatic heterocycles. The first-order chi connectivity index (χ1) is 9.78. The van der Waals surface area contributed by atoms with E-state index in [1.807, 2.05) is 36.5 Å². The van der Waals surface area contributed by atoms with Gasteiger partial charge in [-0.25, -0.2) is 0 Å². The maximum Gasteiger partial charge on any atom is 0.144 e. The van der Waals surface area contributed by atoms with Gasteiger partial charge in [0.15, 0.2) is 0 Å². The number of nitrogen functional groups attached to an aromatic ring is 1. The van der Waals surface area contributed by atoms with Gasteiger partial charge in [0, 0.05) is 16.6 Å². The molecule has 4 heteroatoms. The molecule has 0 aliphatic heterocycles. The Morgan fingerprint density at radius 3 is 3.15 bits per heavy atom. The first kappa shape index (κ1) is 13.3. The quantitative estimate of drug-likeness (QED) is 0.828. The van der Waals surface area contributed by atoms with Gasteiger partial charge >= 0.3 is 0 Å². The van der Waals surface area contributed by atoms with Crippen LogP contribution in [0.15, 0.2) is 29.6 Å². The molecule has 3 nitrogen and oxygen atoms in total. The largest absolute Gasteiger partial charge is 0.492 e. The highest BCUT2D eigenvalue weighted by Gasteiger charge is 2.21. The summed E-state index contributed by atoms with van der Waals surface area (Å²) >= 11 is 1.87. The normalized spacial score (nSPS) is 17.6. The third-order valence-corrected chi connectivity index (χ3v) is 4.70. The molecule has 0 bridgehead atoms. The Balaban J connectivity index is 1.81. The smallest absolute Gasteiger partial charge is 0.144 e. The summed E-state index contributed by atoms with van der Waals surface area (Å²) < 4.78 is 5.56. The fourth-order valence-electron chi connectivity index (χ4n) is 2.74. The van der Waals surface area contributed by atoms with E-state index in [-0.39, 0.29) is 0 Å². The van der Waals surface area contributed by atoms with Crippen LogP contribution in [0.4, 0.5) is 11.4 Å². The van der Waals surface area contributed by atoms with Crippen LogP contribution in [0.1, 0.15) is 36.2 Å². The van der Waals surface area contributed by atoms with Crippen molar-refractivity contribution in [1.82, 2.24) is 0 Å². The van der Waals surface area contributed by atoms with Crippen LogP contribution in [0.5, 0.6) is 5.75 Å². The van der Waals surface area contributed by atoms with Crippen LogP contribution in [-0.2, 0) is 6.42 Å². The first-order valence-electron chi connectivity index (χ1n) is 7.13. The molecule has 0 fully saturated rings. The molecular formula is C16H20N2OS. The summed E-state index contributed by atoms with van der Waals surface area (Å²) in [6.07, 6.45) is 3.65. The first-order valence-corrected chi connectivity index (χ1v) is 8.01. The molecule has 0 saturated heterocycles. The molecule has 1 aliphatic carbocycles. The number of nitrogens with two attached hydrogens (primary N) is 1. The van der Waals surface area contributed by atoms with Crippen molar-refractivity contribution in [3.63, 3.8) is 0 Å². The lowest BCUT2D eigenvalue weighted by Gasteiger charge is -2.25. The minimum atomic E-state index is 0.406. The van der Waals surface area contributed by atoms with Gasteiger partial charge in [0.1, 0.15) is 5.75 Å². The molecule has 0 spiro atoms. The van der Waals surface area contributed by atoms with Gasteiger partial charge in [-0.05, 0) is 55.3 Å². The fourth-order valence-corrected chi connectivity index (χ4v) is 3.73. The highest BCUT2D eigenvalue weighted by atomic mass is 32.1. The number of rotatable bonds is 4.